The highest BCUT2D eigenvalue weighted by atomic mass is 79.9. The number of amides is 1. The fraction of sp³-hybridized carbons (Fsp3) is 0.150. The van der Waals surface area contributed by atoms with Crippen LogP contribution in [0.2, 0.25) is 0 Å². The van der Waals surface area contributed by atoms with Crippen molar-refractivity contribution in [3.05, 3.63) is 63.0 Å². The first-order valence-electron chi connectivity index (χ1n) is 8.40. The third-order valence-corrected chi connectivity index (χ3v) is 5.87. The number of nitrogens with zero attached hydrogens (tertiary/aromatic N) is 1. The zero-order chi connectivity index (χ0) is 21.0. The highest BCUT2D eigenvalue weighted by molar-refractivity contribution is 9.10. The molecular weight excluding hydrogens is 478 g/mol. The smallest absolute Gasteiger partial charge is 0.323 e. The molecule has 0 unspecified atom stereocenters. The van der Waals surface area contributed by atoms with Gasteiger partial charge in [0.2, 0.25) is 0 Å². The van der Waals surface area contributed by atoms with Gasteiger partial charge in [-0.3, -0.25) is 14.5 Å². The van der Waals surface area contributed by atoms with Crippen molar-refractivity contribution >= 4 is 62.2 Å². The van der Waals surface area contributed by atoms with Crippen LogP contribution in [0.3, 0.4) is 0 Å². The summed E-state index contributed by atoms with van der Waals surface area (Å²) < 4.78 is 12.5. The number of ether oxygens (including phenoxy) is 2. The monoisotopic (exact) mass is 493 g/mol. The molecule has 2 aromatic carbocycles. The van der Waals surface area contributed by atoms with Crippen LogP contribution in [0.1, 0.15) is 11.1 Å². The Labute approximate surface area is 185 Å². The Balaban J connectivity index is 1.75. The molecular formula is C20H16BrNO5S2. The average Bonchev–Trinajstić information content (AvgIpc) is 2.95. The van der Waals surface area contributed by atoms with E-state index in [4.69, 9.17) is 26.8 Å². The predicted molar refractivity (Wildman–Crippen MR) is 119 cm³/mol. The second-order valence-electron chi connectivity index (χ2n) is 5.99. The van der Waals surface area contributed by atoms with Crippen LogP contribution < -0.4 is 9.47 Å². The topological polar surface area (TPSA) is 76.1 Å². The van der Waals surface area contributed by atoms with Crippen LogP contribution in [0.4, 0.5) is 0 Å². The van der Waals surface area contributed by atoms with Gasteiger partial charge in [0.05, 0.1) is 12.0 Å². The Bertz CT molecular complexity index is 991. The Morgan fingerprint density at radius 3 is 2.62 bits per heavy atom. The van der Waals surface area contributed by atoms with Gasteiger partial charge in [0.25, 0.3) is 5.91 Å². The first-order valence-corrected chi connectivity index (χ1v) is 10.4. The van der Waals surface area contributed by atoms with Gasteiger partial charge >= 0.3 is 5.97 Å². The fourth-order valence-corrected chi connectivity index (χ4v) is 4.08. The number of thiocarbonyl (C=S) groups is 1. The van der Waals surface area contributed by atoms with Crippen molar-refractivity contribution in [2.75, 3.05) is 13.7 Å². The van der Waals surface area contributed by atoms with Gasteiger partial charge in [-0.2, -0.15) is 0 Å². The normalized spacial score (nSPS) is 15.1. The lowest BCUT2D eigenvalue weighted by molar-refractivity contribution is -0.140. The summed E-state index contributed by atoms with van der Waals surface area (Å²) in [6.07, 6.45) is 1.65. The summed E-state index contributed by atoms with van der Waals surface area (Å²) in [6, 6.07) is 13.1. The number of hydrogen-bond donors (Lipinski definition) is 1. The maximum absolute atomic E-state index is 12.4. The van der Waals surface area contributed by atoms with E-state index >= 15 is 0 Å². The molecule has 29 heavy (non-hydrogen) atoms. The lowest BCUT2D eigenvalue weighted by atomic mass is 10.1. The Hall–Kier alpha value is -2.36. The van der Waals surface area contributed by atoms with E-state index in [0.29, 0.717) is 28.6 Å². The predicted octanol–water partition coefficient (Wildman–Crippen LogP) is 4.32. The van der Waals surface area contributed by atoms with Crippen molar-refractivity contribution in [2.24, 2.45) is 0 Å². The first kappa shape index (κ1) is 21.4. The molecule has 0 spiro atoms. The second-order valence-corrected chi connectivity index (χ2v) is 8.58. The lowest BCUT2D eigenvalue weighted by Gasteiger charge is -2.12. The standard InChI is InChI=1S/C20H16BrNO5S2/c1-26-16-8-13(9-17-19(25)22(10-18(23)24)20(28)29-17)4-7-15(16)27-11-12-2-5-14(21)6-3-12/h2-9H,10-11H2,1H3,(H,23,24)/b17-9-. The summed E-state index contributed by atoms with van der Waals surface area (Å²) >= 11 is 9.58. The number of methoxy groups -OCH3 is 1. The van der Waals surface area contributed by atoms with E-state index in [2.05, 4.69) is 15.9 Å². The molecule has 1 aliphatic rings. The van der Waals surface area contributed by atoms with Crippen LogP contribution in [0.25, 0.3) is 6.08 Å². The fourth-order valence-electron chi connectivity index (χ4n) is 2.56. The zero-order valence-electron chi connectivity index (χ0n) is 15.3. The van der Waals surface area contributed by atoms with Gasteiger partial charge in [-0.25, -0.2) is 0 Å². The molecule has 0 saturated carbocycles. The van der Waals surface area contributed by atoms with Gasteiger partial charge in [-0.05, 0) is 41.5 Å². The van der Waals surface area contributed by atoms with Crippen molar-refractivity contribution in [3.63, 3.8) is 0 Å². The van der Waals surface area contributed by atoms with Crippen molar-refractivity contribution in [1.29, 1.82) is 0 Å². The quantitative estimate of drug-likeness (QED) is 0.454. The molecule has 3 rings (SSSR count). The molecule has 6 nitrogen and oxygen atoms in total. The van der Waals surface area contributed by atoms with Gasteiger partial charge in [0.15, 0.2) is 11.5 Å². The van der Waals surface area contributed by atoms with Gasteiger partial charge in [0, 0.05) is 4.47 Å². The van der Waals surface area contributed by atoms with Crippen LogP contribution >= 0.6 is 39.9 Å². The number of thioether (sulfide) groups is 1. The summed E-state index contributed by atoms with van der Waals surface area (Å²) in [6.45, 7) is -0.0645. The van der Waals surface area contributed by atoms with Crippen LogP contribution in [-0.2, 0) is 16.2 Å². The summed E-state index contributed by atoms with van der Waals surface area (Å²) in [5, 5.41) is 8.92. The van der Waals surface area contributed by atoms with Crippen LogP contribution in [0, 0.1) is 0 Å². The van der Waals surface area contributed by atoms with Crippen molar-refractivity contribution < 1.29 is 24.2 Å². The van der Waals surface area contributed by atoms with E-state index in [1.54, 1.807) is 24.3 Å². The summed E-state index contributed by atoms with van der Waals surface area (Å²) in [7, 11) is 1.54. The van der Waals surface area contributed by atoms with Gasteiger partial charge in [-0.1, -0.05) is 58.1 Å². The van der Waals surface area contributed by atoms with E-state index in [-0.39, 0.29) is 4.32 Å². The van der Waals surface area contributed by atoms with Crippen molar-refractivity contribution in [3.8, 4) is 11.5 Å². The third kappa shape index (κ3) is 5.37. The number of rotatable bonds is 7. The summed E-state index contributed by atoms with van der Waals surface area (Å²) in [5.74, 6) is -0.434. The minimum absolute atomic E-state index is 0.227. The molecule has 9 heteroatoms. The maximum Gasteiger partial charge on any atom is 0.323 e. The largest absolute Gasteiger partial charge is 0.493 e. The number of carbonyl (C=O) groups excluding carboxylic acids is 1. The molecule has 1 saturated heterocycles. The molecule has 1 aliphatic heterocycles. The summed E-state index contributed by atoms with van der Waals surface area (Å²) in [4.78, 5) is 24.7. The number of carboxylic acids is 1. The lowest BCUT2D eigenvalue weighted by Crippen LogP contribution is -2.33. The molecule has 1 fully saturated rings. The zero-order valence-corrected chi connectivity index (χ0v) is 18.5. The first-order chi connectivity index (χ1) is 13.9. The maximum atomic E-state index is 12.4. The Morgan fingerprint density at radius 2 is 1.97 bits per heavy atom. The number of halogens is 1. The van der Waals surface area contributed by atoms with Gasteiger partial charge < -0.3 is 14.6 Å². The Kier molecular flexibility index (Phi) is 6.94. The molecule has 0 atom stereocenters. The Morgan fingerprint density at radius 1 is 1.24 bits per heavy atom. The second kappa shape index (κ2) is 9.43. The molecule has 0 radical (unpaired) electrons. The molecule has 150 valence electrons. The van der Waals surface area contributed by atoms with E-state index in [1.807, 2.05) is 24.3 Å². The number of benzene rings is 2. The highest BCUT2D eigenvalue weighted by Crippen LogP contribution is 2.34. The average molecular weight is 494 g/mol. The van der Waals surface area contributed by atoms with Crippen LogP contribution in [-0.4, -0.2) is 39.9 Å². The van der Waals surface area contributed by atoms with E-state index < -0.39 is 18.4 Å². The van der Waals surface area contributed by atoms with Crippen LogP contribution in [0.15, 0.2) is 51.8 Å². The SMILES string of the molecule is COc1cc(/C=C2\SC(=S)N(CC(=O)O)C2=O)ccc1OCc1ccc(Br)cc1. The molecule has 2 aromatic rings. The molecule has 0 bridgehead atoms. The highest BCUT2D eigenvalue weighted by Gasteiger charge is 2.33. The number of hydrogen-bond acceptors (Lipinski definition) is 6. The molecule has 1 amide bonds. The number of carboxylic acid groups (broad SMARTS) is 1. The third-order valence-electron chi connectivity index (χ3n) is 3.96. The molecule has 0 aromatic heterocycles. The van der Waals surface area contributed by atoms with Crippen molar-refractivity contribution in [1.82, 2.24) is 4.90 Å². The molecule has 0 aliphatic carbocycles. The molecule has 1 N–H and O–H groups in total. The number of aliphatic carboxylic acids is 1. The van der Waals surface area contributed by atoms with Gasteiger partial charge in [0.1, 0.15) is 17.5 Å². The van der Waals surface area contributed by atoms with Crippen LogP contribution in [0.5, 0.6) is 11.5 Å². The van der Waals surface area contributed by atoms with E-state index in [1.165, 1.54) is 7.11 Å². The minimum Gasteiger partial charge on any atom is -0.493 e. The van der Waals surface area contributed by atoms with E-state index in [9.17, 15) is 9.59 Å². The van der Waals surface area contributed by atoms with Crippen molar-refractivity contribution in [2.45, 2.75) is 6.61 Å². The minimum atomic E-state index is -1.11. The van der Waals surface area contributed by atoms with E-state index in [0.717, 1.165) is 26.7 Å². The molecule has 1 heterocycles. The van der Waals surface area contributed by atoms with Gasteiger partial charge in [-0.15, -0.1) is 0 Å². The number of carbonyl (C=O) groups is 2. The summed E-state index contributed by atoms with van der Waals surface area (Å²) in [5.41, 5.74) is 1.73.